The summed E-state index contributed by atoms with van der Waals surface area (Å²) < 4.78 is 32.2. The van der Waals surface area contributed by atoms with Crippen LogP contribution in [-0.4, -0.2) is 74.7 Å². The average molecular weight is 517 g/mol. The van der Waals surface area contributed by atoms with Crippen LogP contribution in [-0.2, 0) is 19.6 Å². The summed E-state index contributed by atoms with van der Waals surface area (Å²) in [6.07, 6.45) is 0. The number of fused-ring (bicyclic) bond motifs is 1. The van der Waals surface area contributed by atoms with Gasteiger partial charge in [0.05, 0.1) is 10.6 Å². The number of carbonyl (C=O) groups is 3. The van der Waals surface area contributed by atoms with Crippen LogP contribution in [0.1, 0.15) is 38.1 Å². The normalized spacial score (nSPS) is 13.2. The molecule has 2 aromatic rings. The van der Waals surface area contributed by atoms with Crippen LogP contribution in [0.15, 0.2) is 47.4 Å². The highest BCUT2D eigenvalue weighted by molar-refractivity contribution is 7.89. The van der Waals surface area contributed by atoms with E-state index in [9.17, 15) is 22.8 Å². The molecule has 0 spiro atoms. The Hall–Kier alpha value is -3.44. The number of rotatable bonds is 10. The van der Waals surface area contributed by atoms with Crippen molar-refractivity contribution in [3.8, 4) is 5.75 Å². The van der Waals surface area contributed by atoms with Gasteiger partial charge in [-0.1, -0.05) is 13.8 Å². The predicted octanol–water partition coefficient (Wildman–Crippen LogP) is 2.56. The van der Waals surface area contributed by atoms with E-state index in [1.165, 1.54) is 33.5 Å². The maximum atomic E-state index is 12.8. The van der Waals surface area contributed by atoms with Gasteiger partial charge in [-0.15, -0.1) is 0 Å². The first kappa shape index (κ1) is 27.2. The van der Waals surface area contributed by atoms with Crippen LogP contribution in [0, 0.1) is 0 Å². The molecule has 0 aromatic heterocycles. The molecule has 10 nitrogen and oxygen atoms in total. The van der Waals surface area contributed by atoms with Crippen LogP contribution < -0.4 is 15.0 Å². The molecule has 36 heavy (non-hydrogen) atoms. The molecule has 194 valence electrons. The van der Waals surface area contributed by atoms with Gasteiger partial charge in [-0.05, 0) is 56.3 Å². The second kappa shape index (κ2) is 11.5. The molecule has 0 fully saturated rings. The van der Waals surface area contributed by atoms with Crippen molar-refractivity contribution < 1.29 is 27.5 Å². The zero-order chi connectivity index (χ0) is 26.5. The Morgan fingerprint density at radius 2 is 1.61 bits per heavy atom. The van der Waals surface area contributed by atoms with E-state index in [-0.39, 0.29) is 35.4 Å². The van der Waals surface area contributed by atoms with Crippen molar-refractivity contribution in [1.82, 2.24) is 9.21 Å². The van der Waals surface area contributed by atoms with Crippen molar-refractivity contribution in [2.24, 2.45) is 0 Å². The first-order valence-electron chi connectivity index (χ1n) is 11.9. The standard InChI is InChI=1S/C25H32N4O6S/c1-5-27(6-2)23(30)16-29-21-15-19(11-14-22(21)35-17-24(29)31)26-25(32)18-9-12-20(13-10-18)36(33,34)28(7-3)8-4/h9-15H,5-8,16-17H2,1-4H3,(H,26,32). The Labute approximate surface area is 211 Å². The second-order valence-electron chi connectivity index (χ2n) is 8.08. The lowest BCUT2D eigenvalue weighted by molar-refractivity contribution is -0.131. The molecular weight excluding hydrogens is 484 g/mol. The number of likely N-dealkylation sites (N-methyl/N-ethyl adjacent to an activating group) is 1. The van der Waals surface area contributed by atoms with Crippen molar-refractivity contribution >= 4 is 39.1 Å². The van der Waals surface area contributed by atoms with E-state index in [2.05, 4.69) is 5.32 Å². The summed E-state index contributed by atoms with van der Waals surface area (Å²) in [6.45, 7) is 8.74. The Bertz CT molecular complexity index is 1220. The Morgan fingerprint density at radius 1 is 0.972 bits per heavy atom. The number of sulfonamides is 1. The highest BCUT2D eigenvalue weighted by atomic mass is 32.2. The number of ether oxygens (including phenoxy) is 1. The van der Waals surface area contributed by atoms with E-state index < -0.39 is 15.9 Å². The van der Waals surface area contributed by atoms with Crippen LogP contribution in [0.25, 0.3) is 0 Å². The minimum Gasteiger partial charge on any atom is -0.482 e. The molecule has 0 unspecified atom stereocenters. The number of nitrogens with one attached hydrogen (secondary N) is 1. The van der Waals surface area contributed by atoms with E-state index in [0.717, 1.165) is 0 Å². The fourth-order valence-corrected chi connectivity index (χ4v) is 5.42. The molecule has 1 heterocycles. The fourth-order valence-electron chi connectivity index (χ4n) is 3.96. The topological polar surface area (TPSA) is 116 Å². The number of nitrogens with zero attached hydrogens (tertiary/aromatic N) is 3. The first-order chi connectivity index (χ1) is 17.2. The molecule has 11 heteroatoms. The molecule has 0 saturated carbocycles. The van der Waals surface area contributed by atoms with Gasteiger partial charge in [0, 0.05) is 37.4 Å². The summed E-state index contributed by atoms with van der Waals surface area (Å²) in [5.41, 5.74) is 1.06. The zero-order valence-electron chi connectivity index (χ0n) is 21.0. The summed E-state index contributed by atoms with van der Waals surface area (Å²) in [5, 5.41) is 2.76. The molecular formula is C25H32N4O6S. The third-order valence-electron chi connectivity index (χ3n) is 6.03. The predicted molar refractivity (Wildman–Crippen MR) is 137 cm³/mol. The molecule has 0 atom stereocenters. The van der Waals surface area contributed by atoms with E-state index >= 15 is 0 Å². The molecule has 3 rings (SSSR count). The quantitative estimate of drug-likeness (QED) is 0.519. The Kier molecular flexibility index (Phi) is 8.70. The highest BCUT2D eigenvalue weighted by Crippen LogP contribution is 2.34. The molecule has 0 aliphatic carbocycles. The third-order valence-corrected chi connectivity index (χ3v) is 8.09. The maximum Gasteiger partial charge on any atom is 0.265 e. The number of hydrogen-bond donors (Lipinski definition) is 1. The summed E-state index contributed by atoms with van der Waals surface area (Å²) in [7, 11) is -3.63. The largest absolute Gasteiger partial charge is 0.482 e. The number of benzene rings is 2. The Morgan fingerprint density at radius 3 is 2.19 bits per heavy atom. The van der Waals surface area contributed by atoms with Gasteiger partial charge in [0.2, 0.25) is 15.9 Å². The molecule has 0 radical (unpaired) electrons. The number of amides is 3. The monoisotopic (exact) mass is 516 g/mol. The van der Waals surface area contributed by atoms with Crippen LogP contribution in [0.3, 0.4) is 0 Å². The van der Waals surface area contributed by atoms with Crippen LogP contribution >= 0.6 is 0 Å². The van der Waals surface area contributed by atoms with E-state index in [1.54, 1.807) is 36.9 Å². The van der Waals surface area contributed by atoms with Gasteiger partial charge in [-0.25, -0.2) is 8.42 Å². The van der Waals surface area contributed by atoms with Gasteiger partial charge < -0.3 is 15.0 Å². The van der Waals surface area contributed by atoms with Crippen molar-refractivity contribution in [1.29, 1.82) is 0 Å². The molecule has 3 amide bonds. The number of carbonyl (C=O) groups excluding carboxylic acids is 3. The highest BCUT2D eigenvalue weighted by Gasteiger charge is 2.29. The zero-order valence-corrected chi connectivity index (χ0v) is 21.8. The van der Waals surface area contributed by atoms with Crippen molar-refractivity contribution in [3.05, 3.63) is 48.0 Å². The minimum absolute atomic E-state index is 0.112. The van der Waals surface area contributed by atoms with Gasteiger partial charge >= 0.3 is 0 Å². The Balaban J connectivity index is 1.80. The number of anilines is 2. The summed E-state index contributed by atoms with van der Waals surface area (Å²) in [5.74, 6) is -0.548. The lowest BCUT2D eigenvalue weighted by Crippen LogP contribution is -2.46. The van der Waals surface area contributed by atoms with Gasteiger partial charge in [-0.2, -0.15) is 4.31 Å². The molecule has 2 aromatic carbocycles. The lowest BCUT2D eigenvalue weighted by Gasteiger charge is -2.31. The average Bonchev–Trinajstić information content (AvgIpc) is 2.87. The van der Waals surface area contributed by atoms with E-state index in [0.29, 0.717) is 43.3 Å². The first-order valence-corrected chi connectivity index (χ1v) is 13.4. The third kappa shape index (κ3) is 5.68. The maximum absolute atomic E-state index is 12.8. The van der Waals surface area contributed by atoms with Gasteiger partial charge in [-0.3, -0.25) is 19.3 Å². The fraction of sp³-hybridized carbons (Fsp3) is 0.400. The van der Waals surface area contributed by atoms with E-state index in [4.69, 9.17) is 4.74 Å². The van der Waals surface area contributed by atoms with Crippen molar-refractivity contribution in [3.63, 3.8) is 0 Å². The molecule has 1 aliphatic rings. The summed E-state index contributed by atoms with van der Waals surface area (Å²) in [4.78, 5) is 41.1. The van der Waals surface area contributed by atoms with Gasteiger partial charge in [0.1, 0.15) is 12.3 Å². The van der Waals surface area contributed by atoms with Gasteiger partial charge in [0.15, 0.2) is 6.61 Å². The summed E-state index contributed by atoms with van der Waals surface area (Å²) in [6, 6.07) is 10.6. The lowest BCUT2D eigenvalue weighted by atomic mass is 10.1. The van der Waals surface area contributed by atoms with Crippen LogP contribution in [0.5, 0.6) is 5.75 Å². The van der Waals surface area contributed by atoms with Crippen LogP contribution in [0.4, 0.5) is 11.4 Å². The molecule has 0 saturated heterocycles. The van der Waals surface area contributed by atoms with Gasteiger partial charge in [0.25, 0.3) is 11.8 Å². The SMILES string of the molecule is CCN(CC)C(=O)CN1C(=O)COc2ccc(NC(=O)c3ccc(S(=O)(=O)N(CC)CC)cc3)cc21. The molecule has 1 aliphatic heterocycles. The van der Waals surface area contributed by atoms with E-state index in [1.807, 2.05) is 13.8 Å². The van der Waals surface area contributed by atoms with Crippen molar-refractivity contribution in [2.75, 3.05) is 49.5 Å². The van der Waals surface area contributed by atoms with Crippen molar-refractivity contribution in [2.45, 2.75) is 32.6 Å². The minimum atomic E-state index is -3.63. The number of hydrogen-bond acceptors (Lipinski definition) is 6. The smallest absolute Gasteiger partial charge is 0.265 e. The second-order valence-corrected chi connectivity index (χ2v) is 10.0. The molecule has 1 N–H and O–H groups in total. The molecule has 0 bridgehead atoms. The van der Waals surface area contributed by atoms with Crippen LogP contribution in [0.2, 0.25) is 0 Å². The summed E-state index contributed by atoms with van der Waals surface area (Å²) >= 11 is 0.